The van der Waals surface area contributed by atoms with Gasteiger partial charge in [0, 0.05) is 24.7 Å². The SMILES string of the molecule is CN(C)Cc1cccc(-n2cc(CC(=O)Nc3cc(C4CC4)nn3C(=O)OC(C)(C)C)cn2)c1. The summed E-state index contributed by atoms with van der Waals surface area (Å²) in [5, 5.41) is 11.6. The minimum absolute atomic E-state index is 0.121. The molecule has 9 nitrogen and oxygen atoms in total. The van der Waals surface area contributed by atoms with Gasteiger partial charge >= 0.3 is 6.09 Å². The van der Waals surface area contributed by atoms with Crippen LogP contribution in [-0.2, 0) is 22.5 Å². The molecule has 1 aromatic carbocycles. The van der Waals surface area contributed by atoms with Crippen LogP contribution in [0.25, 0.3) is 5.69 Å². The highest BCUT2D eigenvalue weighted by atomic mass is 16.6. The lowest BCUT2D eigenvalue weighted by Crippen LogP contribution is -2.29. The summed E-state index contributed by atoms with van der Waals surface area (Å²) in [4.78, 5) is 27.6. The molecule has 0 radical (unpaired) electrons. The van der Waals surface area contributed by atoms with Gasteiger partial charge in [0.1, 0.15) is 11.4 Å². The molecule has 1 aliphatic carbocycles. The average molecular weight is 465 g/mol. The number of nitrogens with one attached hydrogen (secondary N) is 1. The maximum Gasteiger partial charge on any atom is 0.437 e. The predicted octanol–water partition coefficient (Wildman–Crippen LogP) is 3.97. The standard InChI is InChI=1S/C25H32N6O3/c1-25(2,3)34-24(33)31-22(13-21(28-31)19-9-10-19)27-23(32)12-18-14-26-30(16-18)20-8-6-7-17(11-20)15-29(4)5/h6-8,11,13-14,16,19H,9-10,12,15H2,1-5H3,(H,27,32). The van der Waals surface area contributed by atoms with Gasteiger partial charge in [-0.05, 0) is 71.0 Å². The number of carbonyl (C=O) groups excluding carboxylic acids is 2. The first-order valence-corrected chi connectivity index (χ1v) is 11.5. The van der Waals surface area contributed by atoms with Crippen molar-refractivity contribution in [2.45, 2.75) is 58.1 Å². The van der Waals surface area contributed by atoms with Gasteiger partial charge < -0.3 is 15.0 Å². The Morgan fingerprint density at radius 2 is 1.94 bits per heavy atom. The van der Waals surface area contributed by atoms with Gasteiger partial charge in [-0.25, -0.2) is 9.48 Å². The number of benzene rings is 1. The van der Waals surface area contributed by atoms with Crippen LogP contribution >= 0.6 is 0 Å². The summed E-state index contributed by atoms with van der Waals surface area (Å²) < 4.78 is 8.37. The third-order valence-electron chi connectivity index (χ3n) is 5.23. The Balaban J connectivity index is 1.46. The van der Waals surface area contributed by atoms with Gasteiger partial charge in [0.2, 0.25) is 5.91 Å². The molecule has 2 aromatic heterocycles. The highest BCUT2D eigenvalue weighted by Crippen LogP contribution is 2.40. The Hall–Kier alpha value is -3.46. The van der Waals surface area contributed by atoms with Gasteiger partial charge in [-0.1, -0.05) is 12.1 Å². The topological polar surface area (TPSA) is 94.3 Å². The van der Waals surface area contributed by atoms with Crippen molar-refractivity contribution >= 4 is 17.8 Å². The number of nitrogens with zero attached hydrogens (tertiary/aromatic N) is 5. The lowest BCUT2D eigenvalue weighted by molar-refractivity contribution is -0.115. The summed E-state index contributed by atoms with van der Waals surface area (Å²) in [5.41, 5.74) is 3.01. The van der Waals surface area contributed by atoms with Crippen LogP contribution < -0.4 is 5.32 Å². The Morgan fingerprint density at radius 1 is 1.18 bits per heavy atom. The van der Waals surface area contributed by atoms with Crippen molar-refractivity contribution in [3.05, 3.63) is 59.5 Å². The van der Waals surface area contributed by atoms with E-state index in [0.29, 0.717) is 11.7 Å². The van der Waals surface area contributed by atoms with E-state index in [9.17, 15) is 9.59 Å². The summed E-state index contributed by atoms with van der Waals surface area (Å²) >= 11 is 0. The lowest BCUT2D eigenvalue weighted by atomic mass is 10.2. The highest BCUT2D eigenvalue weighted by Gasteiger charge is 2.30. The van der Waals surface area contributed by atoms with Crippen molar-refractivity contribution in [1.29, 1.82) is 0 Å². The lowest BCUT2D eigenvalue weighted by Gasteiger charge is -2.19. The van der Waals surface area contributed by atoms with Gasteiger partial charge in [0.25, 0.3) is 0 Å². The number of ether oxygens (including phenoxy) is 1. The molecule has 4 rings (SSSR count). The number of amides is 1. The van der Waals surface area contributed by atoms with Crippen LogP contribution in [-0.4, -0.2) is 56.2 Å². The number of hydrogen-bond acceptors (Lipinski definition) is 6. The molecule has 1 aliphatic rings. The van der Waals surface area contributed by atoms with Crippen LogP contribution in [0.2, 0.25) is 0 Å². The zero-order valence-electron chi connectivity index (χ0n) is 20.4. The number of hydrogen-bond donors (Lipinski definition) is 1. The second-order valence-electron chi connectivity index (χ2n) is 10.0. The van der Waals surface area contributed by atoms with Crippen LogP contribution in [0.5, 0.6) is 0 Å². The first-order valence-electron chi connectivity index (χ1n) is 11.5. The predicted molar refractivity (Wildman–Crippen MR) is 129 cm³/mol. The van der Waals surface area contributed by atoms with E-state index in [1.807, 2.05) is 32.4 Å². The van der Waals surface area contributed by atoms with E-state index in [4.69, 9.17) is 4.74 Å². The number of rotatable bonds is 7. The molecule has 9 heteroatoms. The molecule has 0 atom stereocenters. The largest absolute Gasteiger partial charge is 0.442 e. The van der Waals surface area contributed by atoms with Crippen LogP contribution in [0.1, 0.15) is 56.4 Å². The molecule has 180 valence electrons. The summed E-state index contributed by atoms with van der Waals surface area (Å²) in [7, 11) is 4.05. The minimum Gasteiger partial charge on any atom is -0.442 e. The van der Waals surface area contributed by atoms with Crippen LogP contribution in [0.15, 0.2) is 42.7 Å². The van der Waals surface area contributed by atoms with Gasteiger partial charge in [-0.2, -0.15) is 10.2 Å². The van der Waals surface area contributed by atoms with Crippen molar-refractivity contribution in [2.75, 3.05) is 19.4 Å². The molecule has 0 spiro atoms. The molecular weight excluding hydrogens is 432 g/mol. The Bertz CT molecular complexity index is 1180. The van der Waals surface area contributed by atoms with Crippen molar-refractivity contribution in [1.82, 2.24) is 24.5 Å². The number of aromatic nitrogens is 4. The monoisotopic (exact) mass is 464 g/mol. The fourth-order valence-electron chi connectivity index (χ4n) is 3.64. The summed E-state index contributed by atoms with van der Waals surface area (Å²) in [6, 6.07) is 9.90. The third-order valence-corrected chi connectivity index (χ3v) is 5.23. The van der Waals surface area contributed by atoms with Crippen molar-refractivity contribution in [2.24, 2.45) is 0 Å². The fourth-order valence-corrected chi connectivity index (χ4v) is 3.64. The Kier molecular flexibility index (Phi) is 6.56. The second-order valence-corrected chi connectivity index (χ2v) is 10.0. The van der Waals surface area contributed by atoms with E-state index in [-0.39, 0.29) is 12.3 Å². The Labute approximate surface area is 199 Å². The molecule has 0 bridgehead atoms. The molecule has 0 unspecified atom stereocenters. The molecule has 2 heterocycles. The smallest absolute Gasteiger partial charge is 0.437 e. The van der Waals surface area contributed by atoms with Crippen LogP contribution in [0.4, 0.5) is 10.6 Å². The van der Waals surface area contributed by atoms with Crippen LogP contribution in [0.3, 0.4) is 0 Å². The molecule has 1 N–H and O–H groups in total. The molecule has 0 saturated heterocycles. The van der Waals surface area contributed by atoms with Gasteiger partial charge in [-0.15, -0.1) is 4.68 Å². The van der Waals surface area contributed by atoms with E-state index in [1.54, 1.807) is 37.7 Å². The third kappa shape index (κ3) is 6.11. The minimum atomic E-state index is -0.664. The second kappa shape index (κ2) is 9.42. The first kappa shape index (κ1) is 23.7. The maximum atomic E-state index is 12.8. The molecule has 34 heavy (non-hydrogen) atoms. The molecule has 3 aromatic rings. The average Bonchev–Trinajstić information content (AvgIpc) is 3.33. The Morgan fingerprint density at radius 3 is 2.62 bits per heavy atom. The maximum absolute atomic E-state index is 12.8. The quantitative estimate of drug-likeness (QED) is 0.569. The van der Waals surface area contributed by atoms with Gasteiger partial charge in [0.05, 0.1) is 24.0 Å². The van der Waals surface area contributed by atoms with E-state index < -0.39 is 11.7 Å². The van der Waals surface area contributed by atoms with Crippen LogP contribution in [0, 0.1) is 0 Å². The number of anilines is 1. The summed E-state index contributed by atoms with van der Waals surface area (Å²) in [6.45, 7) is 6.21. The summed E-state index contributed by atoms with van der Waals surface area (Å²) in [5.74, 6) is 0.402. The molecule has 1 amide bonds. The molecule has 1 saturated carbocycles. The number of carbonyl (C=O) groups is 2. The fraction of sp³-hybridized carbons (Fsp3) is 0.440. The van der Waals surface area contributed by atoms with Gasteiger partial charge in [0.15, 0.2) is 0 Å². The highest BCUT2D eigenvalue weighted by molar-refractivity contribution is 5.93. The zero-order chi connectivity index (χ0) is 24.5. The van der Waals surface area contributed by atoms with E-state index in [2.05, 4.69) is 32.5 Å². The van der Waals surface area contributed by atoms with E-state index in [0.717, 1.165) is 41.0 Å². The zero-order valence-corrected chi connectivity index (χ0v) is 20.4. The first-order chi connectivity index (χ1) is 16.1. The van der Waals surface area contributed by atoms with Crippen molar-refractivity contribution < 1.29 is 14.3 Å². The molecule has 1 fully saturated rings. The van der Waals surface area contributed by atoms with Crippen molar-refractivity contribution in [3.63, 3.8) is 0 Å². The summed E-state index contributed by atoms with van der Waals surface area (Å²) in [6.07, 6.45) is 5.10. The van der Waals surface area contributed by atoms with E-state index >= 15 is 0 Å². The van der Waals surface area contributed by atoms with Crippen molar-refractivity contribution in [3.8, 4) is 5.69 Å². The normalized spacial score (nSPS) is 13.8. The van der Waals surface area contributed by atoms with E-state index in [1.165, 1.54) is 5.56 Å². The molecule has 0 aliphatic heterocycles. The van der Waals surface area contributed by atoms with Gasteiger partial charge in [-0.3, -0.25) is 4.79 Å². The molecular formula is C25H32N6O3.